The van der Waals surface area contributed by atoms with Crippen molar-refractivity contribution in [3.05, 3.63) is 59.5 Å². The van der Waals surface area contributed by atoms with Gasteiger partial charge < -0.3 is 4.74 Å². The fourth-order valence-electron chi connectivity index (χ4n) is 3.29. The Morgan fingerprint density at radius 2 is 1.77 bits per heavy atom. The van der Waals surface area contributed by atoms with E-state index in [1.54, 1.807) is 0 Å². The van der Waals surface area contributed by atoms with E-state index in [4.69, 9.17) is 4.98 Å². The number of methoxy groups -OCH3 is 1. The molecule has 1 aliphatic rings. The van der Waals surface area contributed by atoms with Gasteiger partial charge in [0.1, 0.15) is 0 Å². The van der Waals surface area contributed by atoms with Crippen LogP contribution in [0.25, 0.3) is 21.8 Å². The minimum absolute atomic E-state index is 0.245. The van der Waals surface area contributed by atoms with Gasteiger partial charge in [0.2, 0.25) is 0 Å². The van der Waals surface area contributed by atoms with Crippen LogP contribution in [-0.4, -0.2) is 40.7 Å². The predicted molar refractivity (Wildman–Crippen MR) is 125 cm³/mol. The number of aromatic nitrogens is 1. The van der Waals surface area contributed by atoms with Crippen molar-refractivity contribution < 1.29 is 14.3 Å². The van der Waals surface area contributed by atoms with Crippen LogP contribution >= 0.6 is 11.8 Å². The van der Waals surface area contributed by atoms with E-state index in [0.717, 1.165) is 52.1 Å². The van der Waals surface area contributed by atoms with Gasteiger partial charge >= 0.3 is 5.97 Å². The Hall–Kier alpha value is -3.39. The minimum atomic E-state index is -0.577. The van der Waals surface area contributed by atoms with Crippen molar-refractivity contribution in [1.82, 2.24) is 9.99 Å². The first-order chi connectivity index (χ1) is 15.1. The van der Waals surface area contributed by atoms with Gasteiger partial charge in [0.05, 0.1) is 28.7 Å². The first-order valence-electron chi connectivity index (χ1n) is 10.0. The second kappa shape index (κ2) is 9.18. The number of nitrogens with zero attached hydrogens (tertiary/aromatic N) is 3. The Labute approximate surface area is 184 Å². The average molecular weight is 435 g/mol. The number of amidine groups is 1. The van der Waals surface area contributed by atoms with Crippen molar-refractivity contribution in [2.45, 2.75) is 19.8 Å². The van der Waals surface area contributed by atoms with Crippen LogP contribution in [0.1, 0.15) is 19.8 Å². The van der Waals surface area contributed by atoms with Gasteiger partial charge in [-0.1, -0.05) is 49.7 Å². The number of esters is 1. The Morgan fingerprint density at radius 1 is 1.13 bits per heavy atom. The maximum Gasteiger partial charge on any atom is 0.331 e. The Bertz CT molecular complexity index is 1170. The highest BCUT2D eigenvalue weighted by Crippen LogP contribution is 2.33. The molecule has 31 heavy (non-hydrogen) atoms. The van der Waals surface area contributed by atoms with Crippen LogP contribution in [0.5, 0.6) is 0 Å². The number of amides is 1. The molecule has 1 aliphatic heterocycles. The molecular formula is C23H22N4O3S. The zero-order valence-corrected chi connectivity index (χ0v) is 18.1. The first-order valence-corrected chi connectivity index (χ1v) is 10.8. The third-order valence-corrected chi connectivity index (χ3v) is 5.87. The van der Waals surface area contributed by atoms with Crippen LogP contribution < -0.4 is 5.43 Å². The van der Waals surface area contributed by atoms with E-state index in [1.165, 1.54) is 13.2 Å². The summed E-state index contributed by atoms with van der Waals surface area (Å²) in [5.41, 5.74) is 6.15. The Kier molecular flexibility index (Phi) is 6.18. The van der Waals surface area contributed by atoms with Gasteiger partial charge in [0, 0.05) is 23.4 Å². The van der Waals surface area contributed by atoms with E-state index < -0.39 is 11.9 Å². The predicted octanol–water partition coefficient (Wildman–Crippen LogP) is 4.50. The number of rotatable bonds is 6. The van der Waals surface area contributed by atoms with Crippen LogP contribution in [0, 0.1) is 0 Å². The summed E-state index contributed by atoms with van der Waals surface area (Å²) in [5, 5.41) is 4.32. The molecule has 7 nitrogen and oxygen atoms in total. The van der Waals surface area contributed by atoms with Crippen LogP contribution in [0.3, 0.4) is 0 Å². The molecule has 3 aromatic rings. The van der Waals surface area contributed by atoms with Crippen molar-refractivity contribution >= 4 is 56.3 Å². The van der Waals surface area contributed by atoms with Crippen molar-refractivity contribution in [3.63, 3.8) is 0 Å². The fraction of sp³-hybridized carbons (Fsp3) is 0.217. The molecule has 1 amide bonds. The maximum absolute atomic E-state index is 12.3. The van der Waals surface area contributed by atoms with Crippen molar-refractivity contribution in [2.75, 3.05) is 19.1 Å². The van der Waals surface area contributed by atoms with E-state index >= 15 is 0 Å². The molecule has 0 saturated carbocycles. The summed E-state index contributed by atoms with van der Waals surface area (Å²) in [6.07, 6.45) is 3.06. The lowest BCUT2D eigenvalue weighted by atomic mass is 10.1. The van der Waals surface area contributed by atoms with Gasteiger partial charge in [-0.2, -0.15) is 4.99 Å². The molecule has 8 heteroatoms. The number of unbranched alkanes of at least 4 members (excludes halogenated alkanes) is 1. The van der Waals surface area contributed by atoms with Gasteiger partial charge in [-0.25, -0.2) is 9.78 Å². The maximum atomic E-state index is 12.3. The van der Waals surface area contributed by atoms with Crippen molar-refractivity contribution in [2.24, 2.45) is 4.99 Å². The lowest BCUT2D eigenvalue weighted by Gasteiger charge is -2.26. The molecule has 1 aromatic heterocycles. The Balaban J connectivity index is 1.75. The second-order valence-electron chi connectivity index (χ2n) is 6.97. The smallest absolute Gasteiger partial charge is 0.331 e. The lowest BCUT2D eigenvalue weighted by Crippen LogP contribution is -2.35. The van der Waals surface area contributed by atoms with E-state index in [-0.39, 0.29) is 4.91 Å². The largest absolute Gasteiger partial charge is 0.466 e. The first kappa shape index (κ1) is 20.9. The van der Waals surface area contributed by atoms with Crippen LogP contribution in [-0.2, 0) is 14.3 Å². The van der Waals surface area contributed by atoms with Gasteiger partial charge in [0.15, 0.2) is 5.17 Å². The van der Waals surface area contributed by atoms with Crippen LogP contribution in [0.4, 0.5) is 5.69 Å². The SMILES string of the molecule is CCCCN(Nc1c2ccccc2nc2ccccc12)C1=NC(=O)/C(=C/C(=O)OC)S1. The highest BCUT2D eigenvalue weighted by molar-refractivity contribution is 8.18. The summed E-state index contributed by atoms with van der Waals surface area (Å²) in [6, 6.07) is 15.9. The number of thioether (sulfide) groups is 1. The van der Waals surface area contributed by atoms with Gasteiger partial charge in [-0.3, -0.25) is 15.2 Å². The van der Waals surface area contributed by atoms with Gasteiger partial charge in [-0.15, -0.1) is 0 Å². The van der Waals surface area contributed by atoms with Crippen LogP contribution in [0.2, 0.25) is 0 Å². The molecule has 0 bridgehead atoms. The van der Waals surface area contributed by atoms with Crippen LogP contribution in [0.15, 0.2) is 64.5 Å². The molecule has 0 atom stereocenters. The monoisotopic (exact) mass is 434 g/mol. The number of nitrogens with one attached hydrogen (secondary N) is 1. The molecule has 2 heterocycles. The minimum Gasteiger partial charge on any atom is -0.466 e. The van der Waals surface area contributed by atoms with E-state index in [9.17, 15) is 9.59 Å². The average Bonchev–Trinajstić information content (AvgIpc) is 3.15. The zero-order valence-electron chi connectivity index (χ0n) is 17.3. The highest BCUT2D eigenvalue weighted by atomic mass is 32.2. The third-order valence-electron chi connectivity index (χ3n) is 4.86. The van der Waals surface area contributed by atoms with E-state index in [1.807, 2.05) is 53.5 Å². The number of hydrogen-bond acceptors (Lipinski definition) is 7. The number of hydrogen-bond donors (Lipinski definition) is 1. The molecule has 0 radical (unpaired) electrons. The molecule has 0 aliphatic carbocycles. The third kappa shape index (κ3) is 4.39. The summed E-state index contributed by atoms with van der Waals surface area (Å²) in [5.74, 6) is -1.02. The highest BCUT2D eigenvalue weighted by Gasteiger charge is 2.28. The van der Waals surface area contributed by atoms with Gasteiger partial charge in [0.25, 0.3) is 5.91 Å². The normalized spacial score (nSPS) is 14.8. The standard InChI is InChI=1S/C23H22N4O3S/c1-3-4-13-27(23-25-22(29)19(31-23)14-20(28)30-2)26-21-15-9-5-7-11-17(15)24-18-12-8-6-10-16(18)21/h5-12,14H,3-4,13H2,1-2H3,(H,24,26)/b19-14-. The van der Waals surface area contributed by atoms with E-state index in [2.05, 4.69) is 22.1 Å². The molecule has 1 N–H and O–H groups in total. The Morgan fingerprint density at radius 3 is 2.39 bits per heavy atom. The topological polar surface area (TPSA) is 83.9 Å². The molecule has 0 saturated heterocycles. The summed E-state index contributed by atoms with van der Waals surface area (Å²) in [4.78, 5) is 33.1. The summed E-state index contributed by atoms with van der Waals surface area (Å²) >= 11 is 1.16. The van der Waals surface area contributed by atoms with Crippen molar-refractivity contribution in [1.29, 1.82) is 0 Å². The number of hydrazine groups is 1. The number of ether oxygens (including phenoxy) is 1. The molecular weight excluding hydrogens is 412 g/mol. The number of aliphatic imine (C=N–C) groups is 1. The number of carbonyl (C=O) groups excluding carboxylic acids is 2. The fourth-order valence-corrected chi connectivity index (χ4v) is 4.15. The molecule has 0 spiro atoms. The number of benzene rings is 2. The molecule has 0 fully saturated rings. The second-order valence-corrected chi connectivity index (χ2v) is 7.98. The van der Waals surface area contributed by atoms with Gasteiger partial charge in [-0.05, 0) is 30.3 Å². The summed E-state index contributed by atoms with van der Waals surface area (Å²) < 4.78 is 4.65. The van der Waals surface area contributed by atoms with E-state index in [0.29, 0.717) is 11.7 Å². The van der Waals surface area contributed by atoms with Crippen molar-refractivity contribution in [3.8, 4) is 0 Å². The summed E-state index contributed by atoms with van der Waals surface area (Å²) in [7, 11) is 1.28. The molecule has 158 valence electrons. The number of para-hydroxylation sites is 2. The molecule has 2 aromatic carbocycles. The molecule has 4 rings (SSSR count). The molecule has 0 unspecified atom stereocenters. The lowest BCUT2D eigenvalue weighted by molar-refractivity contribution is -0.135. The number of anilines is 1. The zero-order chi connectivity index (χ0) is 21.8. The number of carbonyl (C=O) groups is 2. The number of fused-ring (bicyclic) bond motifs is 2. The number of pyridine rings is 1. The summed E-state index contributed by atoms with van der Waals surface area (Å²) in [6.45, 7) is 2.75. The quantitative estimate of drug-likeness (QED) is 0.265.